The summed E-state index contributed by atoms with van der Waals surface area (Å²) in [6, 6.07) is 0. The molecule has 94 valence electrons. The monoisotopic (exact) mass is 255 g/mol. The zero-order chi connectivity index (χ0) is 12.4. The summed E-state index contributed by atoms with van der Waals surface area (Å²) in [5.41, 5.74) is 0. The van der Waals surface area contributed by atoms with Gasteiger partial charge in [-0.2, -0.15) is 0 Å². The molecule has 1 aliphatic rings. The van der Waals surface area contributed by atoms with Crippen LogP contribution in [-0.4, -0.2) is 45.2 Å². The maximum absolute atomic E-state index is 13.1. The third kappa shape index (κ3) is 4.13. The molecule has 1 aliphatic heterocycles. The minimum absolute atomic E-state index is 0.109. The summed E-state index contributed by atoms with van der Waals surface area (Å²) >= 11 is 0. The molecule has 7 heteroatoms. The molecule has 0 bridgehead atoms. The first-order valence-corrected chi connectivity index (χ1v) is 7.05. The normalized spacial score (nSPS) is 24.6. The van der Waals surface area contributed by atoms with E-state index in [4.69, 9.17) is 0 Å². The van der Waals surface area contributed by atoms with Gasteiger partial charge in [-0.3, -0.25) is 4.79 Å². The molecule has 0 aromatic rings. The molecule has 1 saturated heterocycles. The number of ketones is 1. The molecule has 1 atom stereocenters. The molecule has 4 nitrogen and oxygen atoms in total. The van der Waals surface area contributed by atoms with Gasteiger partial charge >= 0.3 is 0 Å². The van der Waals surface area contributed by atoms with Gasteiger partial charge in [-0.15, -0.1) is 0 Å². The van der Waals surface area contributed by atoms with E-state index in [9.17, 15) is 22.0 Å². The van der Waals surface area contributed by atoms with Crippen molar-refractivity contribution in [2.75, 3.05) is 25.1 Å². The molecule has 0 aromatic carbocycles. The maximum atomic E-state index is 13.1. The van der Waals surface area contributed by atoms with Crippen LogP contribution < -0.4 is 5.32 Å². The lowest BCUT2D eigenvalue weighted by atomic mass is 9.97. The lowest BCUT2D eigenvalue weighted by Crippen LogP contribution is -2.29. The largest absolute Gasteiger partial charge is 0.311 e. The van der Waals surface area contributed by atoms with Gasteiger partial charge in [-0.1, -0.05) is 0 Å². The van der Waals surface area contributed by atoms with Crippen molar-refractivity contribution in [2.45, 2.75) is 18.8 Å². The van der Waals surface area contributed by atoms with E-state index < -0.39 is 34.0 Å². The molecule has 1 rings (SSSR count). The highest BCUT2D eigenvalue weighted by Crippen LogP contribution is 2.30. The maximum Gasteiger partial charge on any atom is 0.264 e. The van der Waals surface area contributed by atoms with Crippen LogP contribution in [0.4, 0.5) is 8.78 Å². The standard InChI is InChI=1S/C9H15F2NO3S/c1-16(14,15)3-2-8(13)4-7-5-12-6-9(7,10)11/h7,12H,2-6H2,1H3. The summed E-state index contributed by atoms with van der Waals surface area (Å²) in [7, 11) is -3.21. The Bertz CT molecular complexity index is 367. The van der Waals surface area contributed by atoms with E-state index in [1.807, 2.05) is 0 Å². The van der Waals surface area contributed by atoms with Crippen LogP contribution in [0.25, 0.3) is 0 Å². The van der Waals surface area contributed by atoms with E-state index in [2.05, 4.69) is 5.32 Å². The Kier molecular flexibility index (Phi) is 4.01. The summed E-state index contributed by atoms with van der Waals surface area (Å²) < 4.78 is 47.8. The van der Waals surface area contributed by atoms with Gasteiger partial charge in [-0.05, 0) is 0 Å². The highest BCUT2D eigenvalue weighted by atomic mass is 32.2. The molecular weight excluding hydrogens is 240 g/mol. The van der Waals surface area contributed by atoms with Gasteiger partial charge in [0.2, 0.25) is 0 Å². The van der Waals surface area contributed by atoms with Gasteiger partial charge in [0.1, 0.15) is 15.6 Å². The number of nitrogens with one attached hydrogen (secondary N) is 1. The minimum Gasteiger partial charge on any atom is -0.311 e. The minimum atomic E-state index is -3.21. The van der Waals surface area contributed by atoms with Crippen molar-refractivity contribution in [3.63, 3.8) is 0 Å². The number of rotatable bonds is 5. The Hall–Kier alpha value is -0.560. The molecule has 0 aliphatic carbocycles. The molecule has 1 unspecified atom stereocenters. The topological polar surface area (TPSA) is 63.2 Å². The lowest BCUT2D eigenvalue weighted by molar-refractivity contribution is -0.122. The average molecular weight is 255 g/mol. The number of sulfone groups is 1. The third-order valence-electron chi connectivity index (χ3n) is 2.57. The van der Waals surface area contributed by atoms with Gasteiger partial charge in [-0.25, -0.2) is 17.2 Å². The van der Waals surface area contributed by atoms with Crippen molar-refractivity contribution in [3.05, 3.63) is 0 Å². The molecule has 0 saturated carbocycles. The summed E-state index contributed by atoms with van der Waals surface area (Å²) in [5, 5.41) is 2.52. The van der Waals surface area contributed by atoms with Gasteiger partial charge in [0.05, 0.1) is 12.3 Å². The first-order valence-electron chi connectivity index (χ1n) is 4.99. The molecule has 0 aromatic heterocycles. The second kappa shape index (κ2) is 4.75. The molecule has 1 heterocycles. The molecule has 1 fully saturated rings. The van der Waals surface area contributed by atoms with E-state index in [-0.39, 0.29) is 25.1 Å². The SMILES string of the molecule is CS(=O)(=O)CCC(=O)CC1CNCC1(F)F. The number of alkyl halides is 2. The van der Waals surface area contributed by atoms with Crippen LogP contribution in [0.2, 0.25) is 0 Å². The van der Waals surface area contributed by atoms with Gasteiger partial charge in [0, 0.05) is 31.6 Å². The van der Waals surface area contributed by atoms with Crippen molar-refractivity contribution in [1.82, 2.24) is 5.32 Å². The van der Waals surface area contributed by atoms with Crippen LogP contribution in [0.15, 0.2) is 0 Å². The number of carbonyl (C=O) groups is 1. The number of hydrogen-bond acceptors (Lipinski definition) is 4. The molecule has 0 radical (unpaired) electrons. The summed E-state index contributed by atoms with van der Waals surface area (Å²) in [6.07, 6.45) is 0.590. The van der Waals surface area contributed by atoms with Crippen molar-refractivity contribution >= 4 is 15.6 Å². The molecule has 1 N–H and O–H groups in total. The Balaban J connectivity index is 2.40. The fourth-order valence-corrected chi connectivity index (χ4v) is 2.20. The Labute approximate surface area is 93.3 Å². The fraction of sp³-hybridized carbons (Fsp3) is 0.889. The van der Waals surface area contributed by atoms with Crippen molar-refractivity contribution in [2.24, 2.45) is 5.92 Å². The first-order chi connectivity index (χ1) is 7.21. The predicted molar refractivity (Wildman–Crippen MR) is 55.3 cm³/mol. The first kappa shape index (κ1) is 13.5. The number of hydrogen-bond donors (Lipinski definition) is 1. The van der Waals surface area contributed by atoms with E-state index in [1.165, 1.54) is 0 Å². The molecule has 0 spiro atoms. The van der Waals surface area contributed by atoms with E-state index >= 15 is 0 Å². The average Bonchev–Trinajstić information content (AvgIpc) is 2.42. The second-order valence-corrected chi connectivity index (χ2v) is 6.47. The molecule has 0 amide bonds. The van der Waals surface area contributed by atoms with Gasteiger partial charge in [0.25, 0.3) is 5.92 Å². The van der Waals surface area contributed by atoms with Crippen LogP contribution in [0.5, 0.6) is 0 Å². The van der Waals surface area contributed by atoms with Crippen molar-refractivity contribution in [1.29, 1.82) is 0 Å². The zero-order valence-electron chi connectivity index (χ0n) is 9.00. The Morgan fingerprint density at radius 2 is 2.12 bits per heavy atom. The second-order valence-electron chi connectivity index (χ2n) is 4.21. The van der Waals surface area contributed by atoms with Crippen LogP contribution in [-0.2, 0) is 14.6 Å². The van der Waals surface area contributed by atoms with E-state index in [0.717, 1.165) is 6.26 Å². The highest BCUT2D eigenvalue weighted by molar-refractivity contribution is 7.90. The lowest BCUT2D eigenvalue weighted by Gasteiger charge is -2.16. The molecular formula is C9H15F2NO3S. The van der Waals surface area contributed by atoms with Crippen LogP contribution >= 0.6 is 0 Å². The predicted octanol–water partition coefficient (Wildman–Crippen LogP) is 0.235. The van der Waals surface area contributed by atoms with E-state index in [1.54, 1.807) is 0 Å². The van der Waals surface area contributed by atoms with Gasteiger partial charge < -0.3 is 5.32 Å². The summed E-state index contributed by atoms with van der Waals surface area (Å²) in [5.74, 6) is -4.54. The zero-order valence-corrected chi connectivity index (χ0v) is 9.82. The number of halogens is 2. The number of carbonyl (C=O) groups excluding carboxylic acids is 1. The highest BCUT2D eigenvalue weighted by Gasteiger charge is 2.44. The fourth-order valence-electron chi connectivity index (χ4n) is 1.60. The summed E-state index contributed by atoms with van der Waals surface area (Å²) in [6.45, 7) is -0.297. The number of Topliss-reactive ketones (excluding diaryl/α,β-unsaturated/α-hetero) is 1. The smallest absolute Gasteiger partial charge is 0.264 e. The van der Waals surface area contributed by atoms with Crippen molar-refractivity contribution in [3.8, 4) is 0 Å². The Morgan fingerprint density at radius 1 is 1.50 bits per heavy atom. The van der Waals surface area contributed by atoms with Crippen LogP contribution in [0.3, 0.4) is 0 Å². The van der Waals surface area contributed by atoms with Gasteiger partial charge in [0.15, 0.2) is 0 Å². The van der Waals surface area contributed by atoms with Crippen molar-refractivity contribution < 1.29 is 22.0 Å². The molecule has 16 heavy (non-hydrogen) atoms. The van der Waals surface area contributed by atoms with Crippen LogP contribution in [0.1, 0.15) is 12.8 Å². The van der Waals surface area contributed by atoms with Crippen LogP contribution in [0, 0.1) is 5.92 Å². The Morgan fingerprint density at radius 3 is 2.56 bits per heavy atom. The third-order valence-corrected chi connectivity index (χ3v) is 3.52. The quantitative estimate of drug-likeness (QED) is 0.764. The summed E-state index contributed by atoms with van der Waals surface area (Å²) in [4.78, 5) is 11.3. The van der Waals surface area contributed by atoms with E-state index in [0.29, 0.717) is 0 Å².